The van der Waals surface area contributed by atoms with Crippen LogP contribution in [0.4, 0.5) is 10.1 Å². The maximum Gasteiger partial charge on any atom is 0.276 e. The molecule has 0 fully saturated rings. The number of halogens is 1. The van der Waals surface area contributed by atoms with E-state index in [1.165, 1.54) is 36.4 Å². The summed E-state index contributed by atoms with van der Waals surface area (Å²) in [5.41, 5.74) is 1.61. The zero-order valence-electron chi connectivity index (χ0n) is 17.1. The van der Waals surface area contributed by atoms with Crippen molar-refractivity contribution in [3.63, 3.8) is 0 Å². The van der Waals surface area contributed by atoms with Gasteiger partial charge in [0.1, 0.15) is 17.3 Å². The van der Waals surface area contributed by atoms with E-state index in [1.807, 2.05) is 36.4 Å². The lowest BCUT2D eigenvalue weighted by Gasteiger charge is -2.13. The van der Waals surface area contributed by atoms with Gasteiger partial charge in [0, 0.05) is 12.5 Å². The van der Waals surface area contributed by atoms with Gasteiger partial charge in [-0.2, -0.15) is 9.78 Å². The topological polar surface area (TPSA) is 73.2 Å². The quantitative estimate of drug-likeness (QED) is 0.477. The van der Waals surface area contributed by atoms with Gasteiger partial charge >= 0.3 is 0 Å². The third kappa shape index (κ3) is 5.07. The van der Waals surface area contributed by atoms with Crippen molar-refractivity contribution in [2.24, 2.45) is 0 Å². The summed E-state index contributed by atoms with van der Waals surface area (Å²) in [4.78, 5) is 25.0. The maximum atomic E-state index is 13.2. The first kappa shape index (κ1) is 21.0. The van der Waals surface area contributed by atoms with Crippen LogP contribution in [0.5, 0.6) is 5.75 Å². The number of ether oxygens (including phenoxy) is 1. The Balaban J connectivity index is 1.49. The molecule has 0 unspecified atom stereocenters. The zero-order chi connectivity index (χ0) is 22.3. The van der Waals surface area contributed by atoms with Gasteiger partial charge in [-0.25, -0.2) is 4.39 Å². The fraction of sp³-hybridized carbons (Fsp3) is 0.0800. The fourth-order valence-corrected chi connectivity index (χ4v) is 3.11. The van der Waals surface area contributed by atoms with E-state index in [-0.39, 0.29) is 5.69 Å². The number of benzene rings is 3. The molecule has 4 rings (SSSR count). The monoisotopic (exact) mass is 429 g/mol. The molecule has 6 nitrogen and oxygen atoms in total. The second kappa shape index (κ2) is 9.70. The number of hydrogen-bond donors (Lipinski definition) is 1. The molecular weight excluding hydrogens is 409 g/mol. The minimum absolute atomic E-state index is 0.0352. The van der Waals surface area contributed by atoms with Crippen LogP contribution < -0.4 is 15.6 Å². The summed E-state index contributed by atoms with van der Waals surface area (Å²) in [5.74, 6) is -0.400. The molecule has 0 bridgehead atoms. The lowest BCUT2D eigenvalue weighted by molar-refractivity contribution is 0.102. The van der Waals surface area contributed by atoms with Crippen molar-refractivity contribution in [1.29, 1.82) is 0 Å². The van der Waals surface area contributed by atoms with Crippen molar-refractivity contribution in [3.8, 4) is 11.4 Å². The first-order chi connectivity index (χ1) is 15.6. The number of carbonyl (C=O) groups excluding carboxylic acids is 1. The van der Waals surface area contributed by atoms with Gasteiger partial charge in [0.2, 0.25) is 0 Å². The van der Waals surface area contributed by atoms with Crippen LogP contribution in [0.1, 0.15) is 16.1 Å². The average molecular weight is 429 g/mol. The van der Waals surface area contributed by atoms with Crippen molar-refractivity contribution in [2.45, 2.75) is 6.42 Å². The number of hydrogen-bond acceptors (Lipinski definition) is 4. The molecule has 0 spiro atoms. The van der Waals surface area contributed by atoms with Gasteiger partial charge in [-0.05, 0) is 48.0 Å². The number of aromatic nitrogens is 2. The number of nitrogens with one attached hydrogen (secondary N) is 1. The van der Waals surface area contributed by atoms with Crippen molar-refractivity contribution in [1.82, 2.24) is 9.78 Å². The van der Waals surface area contributed by atoms with Crippen LogP contribution in [0.2, 0.25) is 0 Å². The smallest absolute Gasteiger partial charge is 0.276 e. The molecule has 0 saturated heterocycles. The number of nitrogens with zero attached hydrogens (tertiary/aromatic N) is 2. The van der Waals surface area contributed by atoms with Crippen LogP contribution in [0.25, 0.3) is 5.69 Å². The minimum Gasteiger partial charge on any atom is -0.491 e. The first-order valence-corrected chi connectivity index (χ1v) is 10.0. The van der Waals surface area contributed by atoms with Gasteiger partial charge < -0.3 is 10.1 Å². The van der Waals surface area contributed by atoms with Gasteiger partial charge in [-0.15, -0.1) is 0 Å². The molecule has 7 heteroatoms. The molecule has 4 aromatic rings. The van der Waals surface area contributed by atoms with E-state index in [4.69, 9.17) is 4.74 Å². The molecule has 0 aliphatic rings. The number of carbonyl (C=O) groups is 1. The standard InChI is InChI=1S/C25H20FN3O3/c26-19-10-12-20(13-11-19)29-24(30)15-14-22(28-29)25(31)27-21-8-4-5-9-23(21)32-17-16-18-6-2-1-3-7-18/h1-15H,16-17H2,(H,27,31). The van der Waals surface area contributed by atoms with E-state index in [2.05, 4.69) is 10.4 Å². The predicted molar refractivity (Wildman–Crippen MR) is 120 cm³/mol. The molecule has 1 aromatic heterocycles. The van der Waals surface area contributed by atoms with E-state index >= 15 is 0 Å². The molecule has 32 heavy (non-hydrogen) atoms. The summed E-state index contributed by atoms with van der Waals surface area (Å²) in [6.07, 6.45) is 0.729. The van der Waals surface area contributed by atoms with E-state index in [1.54, 1.807) is 18.2 Å². The Labute approximate surface area is 183 Å². The molecule has 0 aliphatic carbocycles. The normalized spacial score (nSPS) is 10.5. The number of rotatable bonds is 7. The van der Waals surface area contributed by atoms with E-state index < -0.39 is 17.3 Å². The second-order valence-corrected chi connectivity index (χ2v) is 6.98. The summed E-state index contributed by atoms with van der Waals surface area (Å²) < 4.78 is 20.1. The Hall–Kier alpha value is -4.26. The molecule has 1 amide bonds. The number of para-hydroxylation sites is 2. The average Bonchev–Trinajstić information content (AvgIpc) is 2.82. The van der Waals surface area contributed by atoms with Gasteiger partial charge in [-0.1, -0.05) is 42.5 Å². The van der Waals surface area contributed by atoms with Crippen LogP contribution in [-0.2, 0) is 6.42 Å². The molecule has 0 aliphatic heterocycles. The lowest BCUT2D eigenvalue weighted by Crippen LogP contribution is -2.25. The highest BCUT2D eigenvalue weighted by Crippen LogP contribution is 2.24. The highest BCUT2D eigenvalue weighted by Gasteiger charge is 2.13. The van der Waals surface area contributed by atoms with Crippen LogP contribution in [-0.4, -0.2) is 22.3 Å². The summed E-state index contributed by atoms with van der Waals surface area (Å²) in [6.45, 7) is 0.449. The third-order valence-electron chi connectivity index (χ3n) is 4.73. The van der Waals surface area contributed by atoms with Crippen molar-refractivity contribution < 1.29 is 13.9 Å². The molecule has 0 atom stereocenters. The Morgan fingerprint density at radius 2 is 1.62 bits per heavy atom. The third-order valence-corrected chi connectivity index (χ3v) is 4.73. The van der Waals surface area contributed by atoms with Crippen molar-refractivity contribution in [2.75, 3.05) is 11.9 Å². The Morgan fingerprint density at radius 1 is 0.906 bits per heavy atom. The summed E-state index contributed by atoms with van der Waals surface area (Å²) in [5, 5.41) is 6.91. The number of anilines is 1. The molecule has 160 valence electrons. The predicted octanol–water partition coefficient (Wildman–Crippen LogP) is 4.25. The summed E-state index contributed by atoms with van der Waals surface area (Å²) in [7, 11) is 0. The van der Waals surface area contributed by atoms with Gasteiger partial charge in [0.25, 0.3) is 11.5 Å². The minimum atomic E-state index is -0.500. The van der Waals surface area contributed by atoms with E-state index in [0.29, 0.717) is 23.7 Å². The molecule has 0 saturated carbocycles. The summed E-state index contributed by atoms with van der Waals surface area (Å²) in [6, 6.07) is 24.9. The SMILES string of the molecule is O=C(Nc1ccccc1OCCc1ccccc1)c1ccc(=O)n(-c2ccc(F)cc2)n1. The molecule has 0 radical (unpaired) electrons. The highest BCUT2D eigenvalue weighted by atomic mass is 19.1. The summed E-state index contributed by atoms with van der Waals surface area (Å²) >= 11 is 0. The van der Waals surface area contributed by atoms with Gasteiger partial charge in [-0.3, -0.25) is 9.59 Å². The first-order valence-electron chi connectivity index (χ1n) is 10.0. The molecule has 3 aromatic carbocycles. The van der Waals surface area contributed by atoms with Crippen molar-refractivity contribution in [3.05, 3.63) is 118 Å². The van der Waals surface area contributed by atoms with Gasteiger partial charge in [0.15, 0.2) is 0 Å². The van der Waals surface area contributed by atoms with Gasteiger partial charge in [0.05, 0.1) is 18.0 Å². The molecular formula is C25H20FN3O3. The van der Waals surface area contributed by atoms with Crippen LogP contribution in [0.15, 0.2) is 95.8 Å². The van der Waals surface area contributed by atoms with E-state index in [0.717, 1.165) is 16.7 Å². The van der Waals surface area contributed by atoms with Crippen LogP contribution >= 0.6 is 0 Å². The van der Waals surface area contributed by atoms with Crippen LogP contribution in [0, 0.1) is 5.82 Å². The lowest BCUT2D eigenvalue weighted by atomic mass is 10.2. The number of amides is 1. The van der Waals surface area contributed by atoms with Crippen LogP contribution in [0.3, 0.4) is 0 Å². The Bertz CT molecular complexity index is 1270. The maximum absolute atomic E-state index is 13.2. The van der Waals surface area contributed by atoms with Crippen molar-refractivity contribution >= 4 is 11.6 Å². The Kier molecular flexibility index (Phi) is 6.36. The molecule has 1 N–H and O–H groups in total. The highest BCUT2D eigenvalue weighted by molar-refractivity contribution is 6.03. The largest absolute Gasteiger partial charge is 0.491 e. The zero-order valence-corrected chi connectivity index (χ0v) is 17.1. The van der Waals surface area contributed by atoms with E-state index in [9.17, 15) is 14.0 Å². The fourth-order valence-electron chi connectivity index (χ4n) is 3.11. The Morgan fingerprint density at radius 3 is 2.41 bits per heavy atom. The molecule has 1 heterocycles. The second-order valence-electron chi connectivity index (χ2n) is 6.98.